The molecule has 0 radical (unpaired) electrons. The standard InChI is InChI=1S/C23H26N2O5/c1-13-5-7-16-15(11-18(24)23(27)30-4)6-8-17(22(16)25-13)21-19(28-2)9-14(12-26)10-20(21)29-3/h5-10,18,26H,11-12,24H2,1-4H3. The average Bonchev–Trinajstić information content (AvgIpc) is 2.77. The molecule has 3 N–H and O–H groups in total. The smallest absolute Gasteiger partial charge is 0.322 e. The van der Waals surface area contributed by atoms with Crippen LogP contribution in [-0.2, 0) is 22.6 Å². The lowest BCUT2D eigenvalue weighted by molar-refractivity contribution is -0.142. The number of nitrogens with zero attached hydrogens (tertiary/aromatic N) is 1. The van der Waals surface area contributed by atoms with E-state index in [2.05, 4.69) is 0 Å². The molecule has 0 amide bonds. The Morgan fingerprint density at radius 2 is 1.77 bits per heavy atom. The summed E-state index contributed by atoms with van der Waals surface area (Å²) < 4.78 is 16.0. The third-order valence-electron chi connectivity index (χ3n) is 5.05. The minimum absolute atomic E-state index is 0.130. The number of benzene rings is 2. The zero-order chi connectivity index (χ0) is 21.8. The van der Waals surface area contributed by atoms with Crippen LogP contribution in [0.1, 0.15) is 16.8 Å². The van der Waals surface area contributed by atoms with Crippen LogP contribution in [0.3, 0.4) is 0 Å². The molecule has 7 nitrogen and oxygen atoms in total. The number of aliphatic hydroxyl groups is 1. The van der Waals surface area contributed by atoms with Crippen LogP contribution in [0, 0.1) is 6.92 Å². The Morgan fingerprint density at radius 1 is 1.10 bits per heavy atom. The second-order valence-corrected chi connectivity index (χ2v) is 6.99. The summed E-state index contributed by atoms with van der Waals surface area (Å²) in [4.78, 5) is 16.6. The summed E-state index contributed by atoms with van der Waals surface area (Å²) >= 11 is 0. The summed E-state index contributed by atoms with van der Waals surface area (Å²) in [6.45, 7) is 1.79. The van der Waals surface area contributed by atoms with Crippen LogP contribution in [0.4, 0.5) is 0 Å². The van der Waals surface area contributed by atoms with E-state index in [0.717, 1.165) is 33.3 Å². The first-order valence-corrected chi connectivity index (χ1v) is 9.52. The van der Waals surface area contributed by atoms with Gasteiger partial charge in [0.05, 0.1) is 39.0 Å². The predicted molar refractivity (Wildman–Crippen MR) is 115 cm³/mol. The molecule has 0 aliphatic heterocycles. The van der Waals surface area contributed by atoms with Crippen molar-refractivity contribution in [2.75, 3.05) is 21.3 Å². The molecule has 1 atom stereocenters. The van der Waals surface area contributed by atoms with Crippen molar-refractivity contribution in [1.82, 2.24) is 4.98 Å². The zero-order valence-electron chi connectivity index (χ0n) is 17.6. The molecule has 0 aliphatic rings. The number of carbonyl (C=O) groups is 1. The van der Waals surface area contributed by atoms with Gasteiger partial charge in [-0.3, -0.25) is 9.78 Å². The highest BCUT2D eigenvalue weighted by Gasteiger charge is 2.21. The monoisotopic (exact) mass is 410 g/mol. The highest BCUT2D eigenvalue weighted by atomic mass is 16.5. The van der Waals surface area contributed by atoms with E-state index in [-0.39, 0.29) is 6.61 Å². The Balaban J connectivity index is 2.25. The maximum atomic E-state index is 11.8. The number of pyridine rings is 1. The topological polar surface area (TPSA) is 104 Å². The van der Waals surface area contributed by atoms with Crippen LogP contribution in [-0.4, -0.2) is 43.4 Å². The molecule has 0 aliphatic carbocycles. The van der Waals surface area contributed by atoms with E-state index < -0.39 is 12.0 Å². The number of nitrogens with two attached hydrogens (primary N) is 1. The fourth-order valence-corrected chi connectivity index (χ4v) is 3.55. The van der Waals surface area contributed by atoms with Crippen LogP contribution in [0.25, 0.3) is 22.0 Å². The van der Waals surface area contributed by atoms with E-state index in [1.165, 1.54) is 7.11 Å². The number of ether oxygens (including phenoxy) is 3. The lowest BCUT2D eigenvalue weighted by atomic mass is 9.93. The van der Waals surface area contributed by atoms with Crippen LogP contribution < -0.4 is 15.2 Å². The Kier molecular flexibility index (Phi) is 6.54. The van der Waals surface area contributed by atoms with Gasteiger partial charge in [-0.05, 0) is 42.7 Å². The van der Waals surface area contributed by atoms with E-state index in [0.29, 0.717) is 23.5 Å². The number of aliphatic hydroxyl groups excluding tert-OH is 1. The summed E-state index contributed by atoms with van der Waals surface area (Å²) in [5, 5.41) is 10.4. The van der Waals surface area contributed by atoms with Crippen molar-refractivity contribution in [3.05, 3.63) is 53.2 Å². The molecule has 1 heterocycles. The van der Waals surface area contributed by atoms with Gasteiger partial charge in [0.25, 0.3) is 0 Å². The molecule has 7 heteroatoms. The van der Waals surface area contributed by atoms with Gasteiger partial charge in [0.1, 0.15) is 17.5 Å². The van der Waals surface area contributed by atoms with Gasteiger partial charge in [-0.2, -0.15) is 0 Å². The SMILES string of the molecule is COC(=O)C(N)Cc1ccc(-c2c(OC)cc(CO)cc2OC)c2nc(C)ccc12. The van der Waals surface area contributed by atoms with Gasteiger partial charge in [0.15, 0.2) is 0 Å². The number of esters is 1. The van der Waals surface area contributed by atoms with Crippen LogP contribution in [0.15, 0.2) is 36.4 Å². The first-order valence-electron chi connectivity index (χ1n) is 9.52. The number of methoxy groups -OCH3 is 3. The van der Waals surface area contributed by atoms with Crippen molar-refractivity contribution >= 4 is 16.9 Å². The number of rotatable bonds is 7. The second kappa shape index (κ2) is 9.11. The van der Waals surface area contributed by atoms with Crippen molar-refractivity contribution in [3.63, 3.8) is 0 Å². The largest absolute Gasteiger partial charge is 0.496 e. The molecule has 0 spiro atoms. The van der Waals surface area contributed by atoms with Crippen molar-refractivity contribution in [3.8, 4) is 22.6 Å². The molecule has 0 bridgehead atoms. The van der Waals surface area contributed by atoms with Crippen LogP contribution in [0.5, 0.6) is 11.5 Å². The molecule has 30 heavy (non-hydrogen) atoms. The number of hydrogen-bond donors (Lipinski definition) is 2. The number of carbonyl (C=O) groups excluding carboxylic acids is 1. The molecule has 0 saturated carbocycles. The van der Waals surface area contributed by atoms with Gasteiger partial charge in [-0.1, -0.05) is 18.2 Å². The van der Waals surface area contributed by atoms with E-state index >= 15 is 0 Å². The highest BCUT2D eigenvalue weighted by molar-refractivity contribution is 5.99. The molecule has 2 aromatic carbocycles. The second-order valence-electron chi connectivity index (χ2n) is 6.99. The van der Waals surface area contributed by atoms with Gasteiger partial charge < -0.3 is 25.1 Å². The third kappa shape index (κ3) is 4.08. The molecule has 3 rings (SSSR count). The van der Waals surface area contributed by atoms with Crippen LogP contribution in [0.2, 0.25) is 0 Å². The molecule has 3 aromatic rings. The summed E-state index contributed by atoms with van der Waals surface area (Å²) in [6.07, 6.45) is 0.325. The van der Waals surface area contributed by atoms with E-state index in [1.807, 2.05) is 31.2 Å². The van der Waals surface area contributed by atoms with E-state index in [9.17, 15) is 9.90 Å². The lowest BCUT2D eigenvalue weighted by Crippen LogP contribution is -2.33. The zero-order valence-corrected chi connectivity index (χ0v) is 17.6. The molecule has 0 fully saturated rings. The molecule has 1 aromatic heterocycles. The Hall–Kier alpha value is -3.16. The number of aryl methyl sites for hydroxylation is 1. The van der Waals surface area contributed by atoms with Crippen molar-refractivity contribution in [2.45, 2.75) is 26.0 Å². The van der Waals surface area contributed by atoms with Gasteiger partial charge >= 0.3 is 5.97 Å². The average molecular weight is 410 g/mol. The number of hydrogen-bond acceptors (Lipinski definition) is 7. The number of aromatic nitrogens is 1. The van der Waals surface area contributed by atoms with Gasteiger partial charge in [0.2, 0.25) is 0 Å². The molecule has 1 unspecified atom stereocenters. The quantitative estimate of drug-likeness (QED) is 0.577. The molecule has 158 valence electrons. The first-order chi connectivity index (χ1) is 14.4. The van der Waals surface area contributed by atoms with Crippen molar-refractivity contribution in [1.29, 1.82) is 0 Å². The maximum Gasteiger partial charge on any atom is 0.322 e. The minimum Gasteiger partial charge on any atom is -0.496 e. The Morgan fingerprint density at radius 3 is 2.33 bits per heavy atom. The Bertz CT molecular complexity index is 1060. The fourth-order valence-electron chi connectivity index (χ4n) is 3.55. The first kappa shape index (κ1) is 21.5. The van der Waals surface area contributed by atoms with E-state index in [1.54, 1.807) is 26.4 Å². The maximum absolute atomic E-state index is 11.8. The number of fused-ring (bicyclic) bond motifs is 1. The van der Waals surface area contributed by atoms with Gasteiger partial charge in [-0.25, -0.2) is 0 Å². The summed E-state index contributed by atoms with van der Waals surface area (Å²) in [5.74, 6) is 0.680. The fraction of sp³-hybridized carbons (Fsp3) is 0.304. The normalized spacial score (nSPS) is 11.9. The molecule has 0 saturated heterocycles. The molecular formula is C23H26N2O5. The third-order valence-corrected chi connectivity index (χ3v) is 5.05. The van der Waals surface area contributed by atoms with Crippen molar-refractivity contribution in [2.24, 2.45) is 5.73 Å². The lowest BCUT2D eigenvalue weighted by Gasteiger charge is -2.18. The molecular weight excluding hydrogens is 384 g/mol. The van der Waals surface area contributed by atoms with Crippen molar-refractivity contribution < 1.29 is 24.1 Å². The predicted octanol–water partition coefficient (Wildman–Crippen LogP) is 2.76. The summed E-state index contributed by atoms with van der Waals surface area (Å²) in [7, 11) is 4.47. The van der Waals surface area contributed by atoms with E-state index in [4.69, 9.17) is 24.9 Å². The summed E-state index contributed by atoms with van der Waals surface area (Å²) in [6, 6.07) is 10.5. The minimum atomic E-state index is -0.765. The highest BCUT2D eigenvalue weighted by Crippen LogP contribution is 2.43. The van der Waals surface area contributed by atoms with Crippen LogP contribution >= 0.6 is 0 Å². The van der Waals surface area contributed by atoms with Gasteiger partial charge in [-0.15, -0.1) is 0 Å². The summed E-state index contributed by atoms with van der Waals surface area (Å²) in [5.41, 5.74) is 10.7. The van der Waals surface area contributed by atoms with Gasteiger partial charge in [0, 0.05) is 16.6 Å². The Labute approximate surface area is 175 Å².